The highest BCUT2D eigenvalue weighted by molar-refractivity contribution is 7.98. The van der Waals surface area contributed by atoms with Crippen molar-refractivity contribution in [3.05, 3.63) is 89.4 Å². The number of aromatic nitrogens is 1. The number of hydrogen-bond donors (Lipinski definition) is 1. The third-order valence-corrected chi connectivity index (χ3v) is 5.64. The highest BCUT2D eigenvalue weighted by Gasteiger charge is 2.24. The summed E-state index contributed by atoms with van der Waals surface area (Å²) >= 11 is 1.46. The Morgan fingerprint density at radius 2 is 1.96 bits per heavy atom. The SMILES string of the molecule is O=C(N[C@H]1CCOc2ccccc21)c1cccnc1SCc1ccc(F)cc1. The number of para-hydroxylation sites is 1. The van der Waals surface area contributed by atoms with E-state index in [1.165, 1.54) is 23.9 Å². The molecule has 4 nitrogen and oxygen atoms in total. The molecule has 0 spiro atoms. The molecular weight excluding hydrogens is 375 g/mol. The topological polar surface area (TPSA) is 51.2 Å². The van der Waals surface area contributed by atoms with Crippen LogP contribution in [0.5, 0.6) is 5.75 Å². The second-order valence-electron chi connectivity index (χ2n) is 6.47. The van der Waals surface area contributed by atoms with Crippen molar-refractivity contribution in [3.63, 3.8) is 0 Å². The monoisotopic (exact) mass is 394 g/mol. The zero-order valence-corrected chi connectivity index (χ0v) is 15.9. The van der Waals surface area contributed by atoms with Gasteiger partial charge in [-0.3, -0.25) is 4.79 Å². The normalized spacial score (nSPS) is 15.4. The summed E-state index contributed by atoms with van der Waals surface area (Å²) < 4.78 is 18.7. The largest absolute Gasteiger partial charge is 0.493 e. The fourth-order valence-corrected chi connectivity index (χ4v) is 4.09. The number of carbonyl (C=O) groups excluding carboxylic acids is 1. The molecule has 0 saturated heterocycles. The summed E-state index contributed by atoms with van der Waals surface area (Å²) in [6.45, 7) is 0.571. The van der Waals surface area contributed by atoms with Gasteiger partial charge in [0.05, 0.1) is 18.2 Å². The van der Waals surface area contributed by atoms with Gasteiger partial charge in [0.25, 0.3) is 5.91 Å². The Hall–Kier alpha value is -2.86. The number of halogens is 1. The van der Waals surface area contributed by atoms with Crippen molar-refractivity contribution < 1.29 is 13.9 Å². The van der Waals surface area contributed by atoms with Gasteiger partial charge in [-0.25, -0.2) is 9.37 Å². The zero-order valence-electron chi connectivity index (χ0n) is 15.1. The van der Waals surface area contributed by atoms with Crippen molar-refractivity contribution in [2.75, 3.05) is 6.61 Å². The molecular formula is C22H19FN2O2S. The average molecular weight is 394 g/mol. The van der Waals surface area contributed by atoms with Crippen LogP contribution < -0.4 is 10.1 Å². The molecule has 0 saturated carbocycles. The van der Waals surface area contributed by atoms with Crippen LogP contribution in [0.2, 0.25) is 0 Å². The van der Waals surface area contributed by atoms with Crippen molar-refractivity contribution in [3.8, 4) is 5.75 Å². The Morgan fingerprint density at radius 3 is 2.82 bits per heavy atom. The van der Waals surface area contributed by atoms with Crippen LogP contribution in [0.4, 0.5) is 4.39 Å². The molecule has 4 rings (SSSR count). The van der Waals surface area contributed by atoms with Crippen LogP contribution in [0.1, 0.15) is 33.9 Å². The van der Waals surface area contributed by atoms with Crippen LogP contribution in [0.25, 0.3) is 0 Å². The molecule has 0 fully saturated rings. The van der Waals surface area contributed by atoms with Crippen molar-refractivity contribution in [2.45, 2.75) is 23.2 Å². The van der Waals surface area contributed by atoms with E-state index in [1.807, 2.05) is 24.3 Å². The van der Waals surface area contributed by atoms with Gasteiger partial charge in [0, 0.05) is 23.9 Å². The number of benzene rings is 2. The molecule has 1 atom stereocenters. The number of pyridine rings is 1. The van der Waals surface area contributed by atoms with Gasteiger partial charge >= 0.3 is 0 Å². The third-order valence-electron chi connectivity index (χ3n) is 4.57. The van der Waals surface area contributed by atoms with Gasteiger partial charge in [-0.05, 0) is 35.9 Å². The number of nitrogens with one attached hydrogen (secondary N) is 1. The molecule has 1 aliphatic rings. The molecule has 0 unspecified atom stereocenters. The number of rotatable bonds is 5. The van der Waals surface area contributed by atoms with Gasteiger partial charge in [0.1, 0.15) is 16.6 Å². The van der Waals surface area contributed by atoms with Gasteiger partial charge in [-0.1, -0.05) is 30.3 Å². The molecule has 3 aromatic rings. The Labute approximate surface area is 167 Å². The minimum absolute atomic E-state index is 0.0902. The average Bonchev–Trinajstić information content (AvgIpc) is 2.74. The van der Waals surface area contributed by atoms with E-state index in [2.05, 4.69) is 10.3 Å². The van der Waals surface area contributed by atoms with Crippen molar-refractivity contribution in [1.82, 2.24) is 10.3 Å². The van der Waals surface area contributed by atoms with E-state index in [-0.39, 0.29) is 17.8 Å². The maximum absolute atomic E-state index is 13.1. The lowest BCUT2D eigenvalue weighted by Gasteiger charge is -2.26. The first-order valence-corrected chi connectivity index (χ1v) is 10.0. The summed E-state index contributed by atoms with van der Waals surface area (Å²) in [6.07, 6.45) is 2.40. The molecule has 6 heteroatoms. The van der Waals surface area contributed by atoms with Crippen LogP contribution in [0.15, 0.2) is 71.9 Å². The van der Waals surface area contributed by atoms with Gasteiger partial charge in [-0.2, -0.15) is 0 Å². The minimum Gasteiger partial charge on any atom is -0.493 e. The lowest BCUT2D eigenvalue weighted by atomic mass is 10.0. The molecule has 142 valence electrons. The Morgan fingerprint density at radius 1 is 1.14 bits per heavy atom. The highest BCUT2D eigenvalue weighted by Crippen LogP contribution is 2.32. The van der Waals surface area contributed by atoms with E-state index in [0.29, 0.717) is 22.9 Å². The first-order chi connectivity index (χ1) is 13.7. The molecule has 1 amide bonds. The number of carbonyl (C=O) groups is 1. The molecule has 1 aromatic heterocycles. The van der Waals surface area contributed by atoms with Gasteiger partial charge in [0.2, 0.25) is 0 Å². The van der Waals surface area contributed by atoms with E-state index in [0.717, 1.165) is 23.3 Å². The molecule has 0 bridgehead atoms. The van der Waals surface area contributed by atoms with Crippen LogP contribution >= 0.6 is 11.8 Å². The van der Waals surface area contributed by atoms with Crippen molar-refractivity contribution in [2.24, 2.45) is 0 Å². The number of amides is 1. The number of fused-ring (bicyclic) bond motifs is 1. The standard InChI is InChI=1S/C22H19FN2O2S/c23-16-9-7-15(8-10-16)14-28-22-18(5-3-12-24-22)21(26)25-19-11-13-27-20-6-2-1-4-17(19)20/h1-10,12,19H,11,13-14H2,(H,25,26)/t19-/m0/s1. The fourth-order valence-electron chi connectivity index (χ4n) is 3.14. The Bertz CT molecular complexity index is 978. The number of nitrogens with zero attached hydrogens (tertiary/aromatic N) is 1. The summed E-state index contributed by atoms with van der Waals surface area (Å²) in [5, 5.41) is 3.77. The fraction of sp³-hybridized carbons (Fsp3) is 0.182. The Balaban J connectivity index is 1.49. The molecule has 28 heavy (non-hydrogen) atoms. The maximum atomic E-state index is 13.1. The maximum Gasteiger partial charge on any atom is 0.254 e. The quantitative estimate of drug-likeness (QED) is 0.634. The third kappa shape index (κ3) is 4.17. The second kappa shape index (κ2) is 8.44. The molecule has 1 N–H and O–H groups in total. The van der Waals surface area contributed by atoms with Gasteiger partial charge in [0.15, 0.2) is 0 Å². The lowest BCUT2D eigenvalue weighted by Crippen LogP contribution is -2.32. The lowest BCUT2D eigenvalue weighted by molar-refractivity contribution is 0.0921. The van der Waals surface area contributed by atoms with Gasteiger partial charge in [-0.15, -0.1) is 11.8 Å². The number of hydrogen-bond acceptors (Lipinski definition) is 4. The first kappa shape index (κ1) is 18.5. The van der Waals surface area contributed by atoms with E-state index >= 15 is 0 Å². The highest BCUT2D eigenvalue weighted by atomic mass is 32.2. The van der Waals surface area contributed by atoms with E-state index in [9.17, 15) is 9.18 Å². The van der Waals surface area contributed by atoms with Crippen molar-refractivity contribution >= 4 is 17.7 Å². The van der Waals surface area contributed by atoms with E-state index in [1.54, 1.807) is 30.5 Å². The first-order valence-electron chi connectivity index (χ1n) is 9.05. The van der Waals surface area contributed by atoms with Crippen molar-refractivity contribution in [1.29, 1.82) is 0 Å². The predicted molar refractivity (Wildman–Crippen MR) is 107 cm³/mol. The summed E-state index contributed by atoms with van der Waals surface area (Å²) in [4.78, 5) is 17.3. The minimum atomic E-state index is -0.261. The molecule has 2 heterocycles. The Kier molecular flexibility index (Phi) is 5.58. The van der Waals surface area contributed by atoms with Gasteiger partial charge < -0.3 is 10.1 Å². The van der Waals surface area contributed by atoms with Crippen LogP contribution in [0, 0.1) is 5.82 Å². The molecule has 1 aliphatic heterocycles. The summed E-state index contributed by atoms with van der Waals surface area (Å²) in [5.74, 6) is 1.01. The van der Waals surface area contributed by atoms with Crippen LogP contribution in [-0.4, -0.2) is 17.5 Å². The summed E-state index contributed by atoms with van der Waals surface area (Å²) in [5.41, 5.74) is 2.51. The number of ether oxygens (including phenoxy) is 1. The smallest absolute Gasteiger partial charge is 0.254 e. The molecule has 2 aromatic carbocycles. The van der Waals surface area contributed by atoms with E-state index in [4.69, 9.17) is 4.74 Å². The summed E-state index contributed by atoms with van der Waals surface area (Å²) in [7, 11) is 0. The molecule has 0 aliphatic carbocycles. The second-order valence-corrected chi connectivity index (χ2v) is 7.44. The number of thioether (sulfide) groups is 1. The van der Waals surface area contributed by atoms with E-state index < -0.39 is 0 Å². The van der Waals surface area contributed by atoms with Crippen LogP contribution in [0.3, 0.4) is 0 Å². The predicted octanol–water partition coefficient (Wildman–Crippen LogP) is 4.77. The summed E-state index contributed by atoms with van der Waals surface area (Å²) in [6, 6.07) is 17.6. The molecule has 0 radical (unpaired) electrons. The zero-order chi connectivity index (χ0) is 19.3. The van der Waals surface area contributed by atoms with Crippen LogP contribution in [-0.2, 0) is 5.75 Å².